The molecule has 0 spiro atoms. The van der Waals surface area contributed by atoms with Gasteiger partial charge in [0.1, 0.15) is 0 Å². The van der Waals surface area contributed by atoms with Crippen LogP contribution in [0.15, 0.2) is 24.3 Å². The first kappa shape index (κ1) is 13.0. The van der Waals surface area contributed by atoms with Crippen LogP contribution in [-0.4, -0.2) is 23.7 Å². The minimum atomic E-state index is 0.641. The maximum atomic E-state index is 2.47. The van der Waals surface area contributed by atoms with Crippen molar-refractivity contribution in [2.24, 2.45) is 0 Å². The number of nitrogens with zero attached hydrogens (tertiary/aromatic N) is 1. The summed E-state index contributed by atoms with van der Waals surface area (Å²) in [5, 5.41) is 0. The van der Waals surface area contributed by atoms with Crippen molar-refractivity contribution in [1.29, 1.82) is 0 Å². The molecule has 17 heavy (non-hydrogen) atoms. The van der Waals surface area contributed by atoms with E-state index in [1.165, 1.54) is 37.1 Å². The molecule has 2 rings (SSSR count). The van der Waals surface area contributed by atoms with E-state index in [4.69, 9.17) is 0 Å². The normalized spacial score (nSPS) is 18.8. The molecule has 0 atom stereocenters. The lowest BCUT2D eigenvalue weighted by Crippen LogP contribution is -2.27. The van der Waals surface area contributed by atoms with Crippen LogP contribution in [0.3, 0.4) is 0 Å². The molecular weight excluding hydrogens is 226 g/mol. The Bertz CT molecular complexity index is 336. The van der Waals surface area contributed by atoms with Gasteiger partial charge in [-0.15, -0.1) is 0 Å². The fourth-order valence-corrected chi connectivity index (χ4v) is 3.10. The molecule has 0 radical (unpaired) electrons. The minimum Gasteiger partial charge on any atom is -0.251 e. The van der Waals surface area contributed by atoms with Gasteiger partial charge in [0.2, 0.25) is 0 Å². The second kappa shape index (κ2) is 5.92. The van der Waals surface area contributed by atoms with Gasteiger partial charge in [-0.3, -0.25) is 4.31 Å². The van der Waals surface area contributed by atoms with Gasteiger partial charge in [-0.2, -0.15) is 0 Å². The first-order valence-corrected chi connectivity index (χ1v) is 7.77. The fraction of sp³-hybridized carbons (Fsp3) is 0.600. The SMILES string of the molecule is CSN1CCC(c2ccc(C(C)C)cc2)CC1. The number of rotatable bonds is 3. The van der Waals surface area contributed by atoms with Gasteiger partial charge in [-0.05, 0) is 42.1 Å². The summed E-state index contributed by atoms with van der Waals surface area (Å²) in [6.45, 7) is 6.98. The molecule has 0 bridgehead atoms. The van der Waals surface area contributed by atoms with Crippen molar-refractivity contribution < 1.29 is 0 Å². The summed E-state index contributed by atoms with van der Waals surface area (Å²) in [6, 6.07) is 9.30. The molecule has 0 aromatic heterocycles. The molecule has 94 valence electrons. The highest BCUT2D eigenvalue weighted by Gasteiger charge is 2.19. The van der Waals surface area contributed by atoms with E-state index in [-0.39, 0.29) is 0 Å². The van der Waals surface area contributed by atoms with Gasteiger partial charge >= 0.3 is 0 Å². The lowest BCUT2D eigenvalue weighted by Gasteiger charge is -2.30. The first-order valence-electron chi connectivity index (χ1n) is 6.59. The van der Waals surface area contributed by atoms with Gasteiger partial charge in [0.15, 0.2) is 0 Å². The third-order valence-corrected chi connectivity index (χ3v) is 4.67. The molecule has 0 amide bonds. The van der Waals surface area contributed by atoms with Crippen molar-refractivity contribution in [2.45, 2.75) is 38.5 Å². The zero-order valence-electron chi connectivity index (χ0n) is 11.1. The largest absolute Gasteiger partial charge is 0.251 e. The Balaban J connectivity index is 1.99. The van der Waals surface area contributed by atoms with Crippen LogP contribution in [0, 0.1) is 0 Å². The van der Waals surface area contributed by atoms with Crippen molar-refractivity contribution in [3.05, 3.63) is 35.4 Å². The highest BCUT2D eigenvalue weighted by molar-refractivity contribution is 7.96. The average Bonchev–Trinajstić information content (AvgIpc) is 2.39. The van der Waals surface area contributed by atoms with Crippen molar-refractivity contribution in [3.8, 4) is 0 Å². The summed E-state index contributed by atoms with van der Waals surface area (Å²) in [4.78, 5) is 0. The lowest BCUT2D eigenvalue weighted by atomic mass is 9.89. The van der Waals surface area contributed by atoms with E-state index in [9.17, 15) is 0 Å². The van der Waals surface area contributed by atoms with Crippen LogP contribution in [-0.2, 0) is 0 Å². The standard InChI is InChI=1S/C15H23NS/c1-12(2)13-4-6-14(7-5-13)15-8-10-16(17-3)11-9-15/h4-7,12,15H,8-11H2,1-3H3. The topological polar surface area (TPSA) is 3.24 Å². The molecule has 1 aromatic rings. The summed E-state index contributed by atoms with van der Waals surface area (Å²) < 4.78 is 2.47. The van der Waals surface area contributed by atoms with Crippen molar-refractivity contribution >= 4 is 11.9 Å². The van der Waals surface area contributed by atoms with E-state index >= 15 is 0 Å². The van der Waals surface area contributed by atoms with Crippen molar-refractivity contribution in [2.75, 3.05) is 19.3 Å². The fourth-order valence-electron chi connectivity index (χ4n) is 2.52. The smallest absolute Gasteiger partial charge is 0.00950 e. The van der Waals surface area contributed by atoms with E-state index in [1.807, 2.05) is 11.9 Å². The van der Waals surface area contributed by atoms with E-state index < -0.39 is 0 Å². The van der Waals surface area contributed by atoms with E-state index in [1.54, 1.807) is 0 Å². The maximum absolute atomic E-state index is 2.47. The second-order valence-electron chi connectivity index (χ2n) is 5.21. The number of hydrogen-bond donors (Lipinski definition) is 0. The van der Waals surface area contributed by atoms with Crippen molar-refractivity contribution in [3.63, 3.8) is 0 Å². The Hall–Kier alpha value is -0.470. The monoisotopic (exact) mass is 249 g/mol. The molecule has 0 aliphatic carbocycles. The highest BCUT2D eigenvalue weighted by Crippen LogP contribution is 2.30. The average molecular weight is 249 g/mol. The Kier molecular flexibility index (Phi) is 4.52. The quantitative estimate of drug-likeness (QED) is 0.736. The van der Waals surface area contributed by atoms with Crippen LogP contribution in [0.2, 0.25) is 0 Å². The molecule has 1 fully saturated rings. The Morgan fingerprint density at radius 3 is 2.18 bits per heavy atom. The summed E-state index contributed by atoms with van der Waals surface area (Å²) in [5.74, 6) is 1.42. The van der Waals surface area contributed by atoms with Gasteiger partial charge in [0.25, 0.3) is 0 Å². The molecule has 0 saturated carbocycles. The summed E-state index contributed by atoms with van der Waals surface area (Å²) >= 11 is 1.88. The van der Waals surface area contributed by atoms with Gasteiger partial charge in [-0.25, -0.2) is 0 Å². The molecular formula is C15H23NS. The molecule has 0 unspecified atom stereocenters. The van der Waals surface area contributed by atoms with Crippen LogP contribution in [0.5, 0.6) is 0 Å². The molecule has 1 aromatic carbocycles. The Morgan fingerprint density at radius 2 is 1.71 bits per heavy atom. The second-order valence-corrected chi connectivity index (χ2v) is 6.09. The Morgan fingerprint density at radius 1 is 1.12 bits per heavy atom. The van der Waals surface area contributed by atoms with Crippen LogP contribution in [0.1, 0.15) is 49.7 Å². The van der Waals surface area contributed by atoms with E-state index in [0.29, 0.717) is 5.92 Å². The summed E-state index contributed by atoms with van der Waals surface area (Å²) in [5.41, 5.74) is 2.99. The number of hydrogen-bond acceptors (Lipinski definition) is 2. The summed E-state index contributed by atoms with van der Waals surface area (Å²) in [7, 11) is 0. The molecule has 1 heterocycles. The van der Waals surface area contributed by atoms with Crippen LogP contribution in [0.25, 0.3) is 0 Å². The molecule has 2 heteroatoms. The predicted octanol–water partition coefficient (Wildman–Crippen LogP) is 4.27. The zero-order chi connectivity index (χ0) is 12.3. The molecule has 1 saturated heterocycles. The first-order chi connectivity index (χ1) is 8.20. The molecule has 0 N–H and O–H groups in total. The molecule has 1 aliphatic rings. The van der Waals surface area contributed by atoms with Gasteiger partial charge in [0, 0.05) is 13.1 Å². The third kappa shape index (κ3) is 3.26. The maximum Gasteiger partial charge on any atom is 0.00950 e. The van der Waals surface area contributed by atoms with Gasteiger partial charge in [0.05, 0.1) is 0 Å². The van der Waals surface area contributed by atoms with Crippen molar-refractivity contribution in [1.82, 2.24) is 4.31 Å². The van der Waals surface area contributed by atoms with Gasteiger partial charge in [-0.1, -0.05) is 50.1 Å². The number of benzene rings is 1. The third-order valence-electron chi connectivity index (χ3n) is 3.79. The highest BCUT2D eigenvalue weighted by atomic mass is 32.2. The zero-order valence-corrected chi connectivity index (χ0v) is 12.0. The summed E-state index contributed by atoms with van der Waals surface area (Å²) in [6.07, 6.45) is 4.79. The molecule has 1 nitrogen and oxygen atoms in total. The van der Waals surface area contributed by atoms with Gasteiger partial charge < -0.3 is 0 Å². The Labute approximate surface area is 110 Å². The van der Waals surface area contributed by atoms with Crippen LogP contribution < -0.4 is 0 Å². The number of piperidine rings is 1. The van der Waals surface area contributed by atoms with E-state index in [2.05, 4.69) is 48.7 Å². The van der Waals surface area contributed by atoms with Crippen LogP contribution >= 0.6 is 11.9 Å². The lowest BCUT2D eigenvalue weighted by molar-refractivity contribution is 0.347. The van der Waals surface area contributed by atoms with Crippen LogP contribution in [0.4, 0.5) is 0 Å². The van der Waals surface area contributed by atoms with E-state index in [0.717, 1.165) is 5.92 Å². The predicted molar refractivity (Wildman–Crippen MR) is 77.6 cm³/mol. The minimum absolute atomic E-state index is 0.641. The molecule has 1 aliphatic heterocycles.